The van der Waals surface area contributed by atoms with Crippen molar-refractivity contribution in [3.05, 3.63) is 33.1 Å². The summed E-state index contributed by atoms with van der Waals surface area (Å²) >= 11 is 5.82. The zero-order valence-corrected chi connectivity index (χ0v) is 12.5. The Labute approximate surface area is 122 Å². The molecule has 1 heterocycles. The first-order chi connectivity index (χ1) is 9.35. The van der Waals surface area contributed by atoms with Gasteiger partial charge in [0, 0.05) is 12.1 Å². The normalized spacial score (nSPS) is 13.6. The van der Waals surface area contributed by atoms with E-state index in [1.165, 1.54) is 0 Å². The van der Waals surface area contributed by atoms with Gasteiger partial charge in [0.1, 0.15) is 11.3 Å². The van der Waals surface area contributed by atoms with Gasteiger partial charge in [-0.3, -0.25) is 14.9 Å². The molecule has 0 aliphatic carbocycles. The quantitative estimate of drug-likeness (QED) is 0.496. The van der Waals surface area contributed by atoms with Crippen LogP contribution in [0.15, 0.2) is 12.3 Å². The summed E-state index contributed by atoms with van der Waals surface area (Å²) in [6.07, 6.45) is 2.89. The lowest BCUT2D eigenvalue weighted by atomic mass is 10.0. The second-order valence-electron chi connectivity index (χ2n) is 4.91. The topological polar surface area (TPSA) is 85.1 Å². The van der Waals surface area contributed by atoms with Crippen LogP contribution >= 0.6 is 11.6 Å². The van der Waals surface area contributed by atoms with Crippen LogP contribution in [-0.2, 0) is 0 Å². The molecule has 7 heteroatoms. The van der Waals surface area contributed by atoms with E-state index < -0.39 is 10.8 Å². The van der Waals surface area contributed by atoms with Crippen molar-refractivity contribution in [2.75, 3.05) is 0 Å². The number of hydrogen-bond donors (Lipinski definition) is 1. The lowest BCUT2D eigenvalue weighted by Crippen LogP contribution is -2.34. The Kier molecular flexibility index (Phi) is 5.88. The Balaban J connectivity index is 2.81. The van der Waals surface area contributed by atoms with E-state index in [2.05, 4.69) is 24.1 Å². The molecule has 1 aromatic rings. The van der Waals surface area contributed by atoms with Gasteiger partial charge in [-0.25, -0.2) is 4.98 Å². The van der Waals surface area contributed by atoms with Crippen LogP contribution in [0.3, 0.4) is 0 Å². The fourth-order valence-corrected chi connectivity index (χ4v) is 2.02. The number of hydrogen-bond acceptors (Lipinski definition) is 4. The maximum atomic E-state index is 12.1. The summed E-state index contributed by atoms with van der Waals surface area (Å²) in [4.78, 5) is 25.8. The average molecular weight is 300 g/mol. The maximum Gasteiger partial charge on any atom is 0.288 e. The van der Waals surface area contributed by atoms with Crippen molar-refractivity contribution >= 4 is 23.2 Å². The number of pyridine rings is 1. The summed E-state index contributed by atoms with van der Waals surface area (Å²) in [6.45, 7) is 6.08. The number of carbonyl (C=O) groups is 1. The van der Waals surface area contributed by atoms with Crippen LogP contribution in [0.2, 0.25) is 5.15 Å². The van der Waals surface area contributed by atoms with E-state index in [1.807, 2.05) is 6.92 Å². The number of nitro groups is 1. The predicted octanol–water partition coefficient (Wildman–Crippen LogP) is 3.20. The minimum Gasteiger partial charge on any atom is -0.349 e. The van der Waals surface area contributed by atoms with Crippen molar-refractivity contribution < 1.29 is 9.72 Å². The zero-order chi connectivity index (χ0) is 15.3. The van der Waals surface area contributed by atoms with Crippen LogP contribution in [0.4, 0.5) is 5.69 Å². The molecule has 1 N–H and O–H groups in total. The Morgan fingerprint density at radius 2 is 2.20 bits per heavy atom. The molecule has 0 fully saturated rings. The van der Waals surface area contributed by atoms with Gasteiger partial charge in [-0.2, -0.15) is 0 Å². The van der Waals surface area contributed by atoms with Gasteiger partial charge in [0.2, 0.25) is 0 Å². The van der Waals surface area contributed by atoms with Crippen molar-refractivity contribution in [3.8, 4) is 0 Å². The third-order valence-corrected chi connectivity index (χ3v) is 3.41. The average Bonchev–Trinajstić information content (AvgIpc) is 2.38. The number of rotatable bonds is 6. The molecule has 0 aliphatic rings. The van der Waals surface area contributed by atoms with Crippen LogP contribution in [0.25, 0.3) is 0 Å². The van der Waals surface area contributed by atoms with E-state index in [0.717, 1.165) is 25.1 Å². The van der Waals surface area contributed by atoms with Crippen LogP contribution < -0.4 is 5.32 Å². The number of carbonyl (C=O) groups excluding carboxylic acids is 1. The summed E-state index contributed by atoms with van der Waals surface area (Å²) < 4.78 is 0. The molecule has 1 aromatic heterocycles. The lowest BCUT2D eigenvalue weighted by Gasteiger charge is -2.17. The van der Waals surface area contributed by atoms with Gasteiger partial charge in [-0.15, -0.1) is 0 Å². The molecule has 6 nitrogen and oxygen atoms in total. The van der Waals surface area contributed by atoms with Crippen molar-refractivity contribution in [2.24, 2.45) is 5.92 Å². The molecule has 0 saturated carbocycles. The van der Waals surface area contributed by atoms with E-state index in [0.29, 0.717) is 5.92 Å². The molecule has 0 aromatic carbocycles. The number of aromatic nitrogens is 1. The predicted molar refractivity (Wildman–Crippen MR) is 76.9 cm³/mol. The third-order valence-electron chi connectivity index (χ3n) is 3.11. The minimum absolute atomic E-state index is 0.0249. The number of halogens is 1. The van der Waals surface area contributed by atoms with Gasteiger partial charge in [0.15, 0.2) is 0 Å². The highest BCUT2D eigenvalue weighted by Gasteiger charge is 2.19. The molecule has 1 rings (SSSR count). The summed E-state index contributed by atoms with van der Waals surface area (Å²) in [5.41, 5.74) is -0.231. The molecule has 0 spiro atoms. The first kappa shape index (κ1) is 16.4. The van der Waals surface area contributed by atoms with Gasteiger partial charge < -0.3 is 5.32 Å². The van der Waals surface area contributed by atoms with Gasteiger partial charge in [0.05, 0.1) is 10.5 Å². The fourth-order valence-electron chi connectivity index (χ4n) is 1.83. The Hall–Kier alpha value is -1.69. The highest BCUT2D eigenvalue weighted by atomic mass is 35.5. The van der Waals surface area contributed by atoms with Gasteiger partial charge >= 0.3 is 0 Å². The maximum absolute atomic E-state index is 12.1. The molecule has 2 atom stereocenters. The smallest absolute Gasteiger partial charge is 0.288 e. The monoisotopic (exact) mass is 299 g/mol. The molecule has 0 saturated heterocycles. The van der Waals surface area contributed by atoms with Gasteiger partial charge in [-0.05, 0) is 19.3 Å². The van der Waals surface area contributed by atoms with Crippen molar-refractivity contribution in [2.45, 2.75) is 39.7 Å². The van der Waals surface area contributed by atoms with E-state index in [1.54, 1.807) is 0 Å². The first-order valence-electron chi connectivity index (χ1n) is 6.45. The second kappa shape index (κ2) is 7.19. The van der Waals surface area contributed by atoms with E-state index in [-0.39, 0.29) is 22.4 Å². The summed E-state index contributed by atoms with van der Waals surface area (Å²) in [5, 5.41) is 13.4. The molecule has 0 bridgehead atoms. The number of nitrogens with one attached hydrogen (secondary N) is 1. The van der Waals surface area contributed by atoms with Crippen molar-refractivity contribution in [1.29, 1.82) is 0 Å². The summed E-state index contributed by atoms with van der Waals surface area (Å²) in [5.74, 6) is 0.0472. The molecule has 0 aliphatic heterocycles. The van der Waals surface area contributed by atoms with E-state index in [9.17, 15) is 14.9 Å². The molecular formula is C13H18ClN3O3. The highest BCUT2D eigenvalue weighted by Crippen LogP contribution is 2.19. The Morgan fingerprint density at radius 1 is 1.55 bits per heavy atom. The van der Waals surface area contributed by atoms with Crippen LogP contribution in [0, 0.1) is 16.0 Å². The molecule has 1 amide bonds. The SMILES string of the molecule is CCC(C)CC(C)NC(=O)c1cc([N+](=O)[O-])cnc1Cl. The second-order valence-corrected chi connectivity index (χ2v) is 5.27. The van der Waals surface area contributed by atoms with Gasteiger partial charge in [0.25, 0.3) is 11.6 Å². The van der Waals surface area contributed by atoms with Crippen LogP contribution in [0.5, 0.6) is 0 Å². The van der Waals surface area contributed by atoms with Gasteiger partial charge in [-0.1, -0.05) is 31.9 Å². The Morgan fingerprint density at radius 3 is 2.75 bits per heavy atom. The largest absolute Gasteiger partial charge is 0.349 e. The molecular weight excluding hydrogens is 282 g/mol. The molecule has 110 valence electrons. The number of nitrogens with zero attached hydrogens (tertiary/aromatic N) is 2. The van der Waals surface area contributed by atoms with Crippen LogP contribution in [-0.4, -0.2) is 21.9 Å². The first-order valence-corrected chi connectivity index (χ1v) is 6.83. The van der Waals surface area contributed by atoms with Crippen molar-refractivity contribution in [3.63, 3.8) is 0 Å². The highest BCUT2D eigenvalue weighted by molar-refractivity contribution is 6.32. The molecule has 20 heavy (non-hydrogen) atoms. The third kappa shape index (κ3) is 4.45. The number of amides is 1. The van der Waals surface area contributed by atoms with E-state index >= 15 is 0 Å². The molecule has 0 radical (unpaired) electrons. The lowest BCUT2D eigenvalue weighted by molar-refractivity contribution is -0.385. The zero-order valence-electron chi connectivity index (χ0n) is 11.7. The standard InChI is InChI=1S/C13H18ClN3O3/c1-4-8(2)5-9(3)16-13(18)11-6-10(17(19)20)7-15-12(11)14/h6-9H,4-5H2,1-3H3,(H,16,18). The minimum atomic E-state index is -0.608. The summed E-state index contributed by atoms with van der Waals surface area (Å²) in [6, 6.07) is 1.11. The van der Waals surface area contributed by atoms with Crippen molar-refractivity contribution in [1.82, 2.24) is 10.3 Å². The van der Waals surface area contributed by atoms with E-state index in [4.69, 9.17) is 11.6 Å². The molecule has 2 unspecified atom stereocenters. The Bertz CT molecular complexity index is 508. The van der Waals surface area contributed by atoms with Crippen LogP contribution in [0.1, 0.15) is 44.0 Å². The fraction of sp³-hybridized carbons (Fsp3) is 0.538. The summed E-state index contributed by atoms with van der Waals surface area (Å²) in [7, 11) is 0.